The number of nitrogens with zero attached hydrogens (tertiary/aromatic N) is 5. The summed E-state index contributed by atoms with van der Waals surface area (Å²) in [6.45, 7) is 6.55. The van der Waals surface area contributed by atoms with Crippen molar-refractivity contribution in [1.82, 2.24) is 24.3 Å². The molecule has 1 saturated heterocycles. The summed E-state index contributed by atoms with van der Waals surface area (Å²) >= 11 is 0. The molecule has 4 N–H and O–H groups in total. The topological polar surface area (TPSA) is 222 Å². The number of hydrogen-bond donors (Lipinski definition) is 4. The number of halogens is 5. The second-order valence-electron chi connectivity index (χ2n) is 15.9. The van der Waals surface area contributed by atoms with E-state index in [0.717, 1.165) is 17.2 Å². The summed E-state index contributed by atoms with van der Waals surface area (Å²) in [4.78, 5) is 72.6. The normalized spacial score (nSPS) is 14.4. The molecular weight excluding hydrogens is 894 g/mol. The van der Waals surface area contributed by atoms with E-state index in [9.17, 15) is 45.9 Å². The van der Waals surface area contributed by atoms with E-state index in [1.807, 2.05) is 43.0 Å². The van der Waals surface area contributed by atoms with Crippen LogP contribution in [0, 0.1) is 11.6 Å². The summed E-state index contributed by atoms with van der Waals surface area (Å²) in [7, 11) is 0. The third kappa shape index (κ3) is 13.2. The van der Waals surface area contributed by atoms with E-state index in [1.54, 1.807) is 28.5 Å². The number of carbonyl (C=O) groups is 4. The number of aryl methyl sites for hydroxylation is 2. The summed E-state index contributed by atoms with van der Waals surface area (Å²) in [6, 6.07) is 19.6. The van der Waals surface area contributed by atoms with E-state index in [4.69, 9.17) is 25.2 Å². The predicted octanol–water partition coefficient (Wildman–Crippen LogP) is 5.13. The van der Waals surface area contributed by atoms with E-state index in [2.05, 4.69) is 14.7 Å². The zero-order chi connectivity index (χ0) is 49.2. The molecule has 5 aromatic rings. The lowest BCUT2D eigenvalue weighted by Crippen LogP contribution is -2.56. The number of piperidine rings is 1. The molecule has 0 saturated carbocycles. The number of fused-ring (bicyclic) bond motifs is 1. The number of aliphatic hydroxyl groups excluding tert-OH is 2. The van der Waals surface area contributed by atoms with Gasteiger partial charge in [0.25, 0.3) is 5.56 Å². The molecule has 0 unspecified atom stereocenters. The maximum Gasteiger partial charge on any atom is 0.573 e. The third-order valence-corrected chi connectivity index (χ3v) is 11.1. The average molecular weight is 942 g/mol. The standard InChI is InChI=1S/C42H42F5N5O5.C4H6O6/c1-4-56-40(55)41(2,3)50-23-20-31(21-24-50)51(25-27-10-12-28(13-11-27)29-14-17-32(18-15-29)57-42(45,46)47)36(53)26-52-35(19-16-30-7-5-9-34(43)37(30)44)49-39(54)33-8-6-22-48-38(33)52;5-1(3(7)8)2(6)4(9)10/h5-15,17-18,22,31H,4,16,19-21,23-26H2,1-3H3;1-2,5-6H,(H,7,8)(H,9,10)/t;1-,2-/m.1/s1. The van der Waals surface area contributed by atoms with Crippen molar-refractivity contribution >= 4 is 34.8 Å². The molecule has 1 aliphatic rings. The number of carboxylic acids is 2. The van der Waals surface area contributed by atoms with Gasteiger partial charge < -0.3 is 39.4 Å². The molecule has 0 bridgehead atoms. The number of hydrogen-bond acceptors (Lipinski definition) is 12. The van der Waals surface area contributed by atoms with Gasteiger partial charge in [0.15, 0.2) is 23.8 Å². The zero-order valence-electron chi connectivity index (χ0n) is 36.5. The lowest BCUT2D eigenvalue weighted by Gasteiger charge is -2.44. The summed E-state index contributed by atoms with van der Waals surface area (Å²) < 4.78 is 77.6. The molecule has 21 heteroatoms. The molecular formula is C46H48F5N5O11. The average Bonchev–Trinajstić information content (AvgIpc) is 3.29. The van der Waals surface area contributed by atoms with Crippen LogP contribution in [-0.4, -0.2) is 118 Å². The van der Waals surface area contributed by atoms with Crippen LogP contribution in [0.5, 0.6) is 5.75 Å². The number of benzene rings is 3. The predicted molar refractivity (Wildman–Crippen MR) is 229 cm³/mol. The van der Waals surface area contributed by atoms with Crippen molar-refractivity contribution in [2.45, 2.75) is 89.7 Å². The zero-order valence-corrected chi connectivity index (χ0v) is 36.5. The van der Waals surface area contributed by atoms with Crippen LogP contribution in [0.1, 0.15) is 50.6 Å². The molecule has 16 nitrogen and oxygen atoms in total. The molecule has 67 heavy (non-hydrogen) atoms. The highest BCUT2D eigenvalue weighted by molar-refractivity contribution is 5.83. The van der Waals surface area contributed by atoms with Gasteiger partial charge in [0, 0.05) is 38.3 Å². The molecule has 2 atom stereocenters. The largest absolute Gasteiger partial charge is 0.573 e. The molecule has 0 aliphatic carbocycles. The number of pyridine rings is 1. The van der Waals surface area contributed by atoms with Crippen LogP contribution in [0.4, 0.5) is 22.0 Å². The summed E-state index contributed by atoms with van der Waals surface area (Å²) in [5.74, 6) is -6.33. The van der Waals surface area contributed by atoms with Crippen molar-refractivity contribution in [1.29, 1.82) is 0 Å². The number of amides is 1. The number of aromatic nitrogens is 3. The quantitative estimate of drug-likeness (QED) is 0.0744. The number of likely N-dealkylation sites (tertiary alicyclic amines) is 1. The number of esters is 1. The van der Waals surface area contributed by atoms with Gasteiger partial charge in [-0.2, -0.15) is 4.98 Å². The van der Waals surface area contributed by atoms with Gasteiger partial charge in [-0.25, -0.2) is 23.4 Å². The second-order valence-corrected chi connectivity index (χ2v) is 15.9. The van der Waals surface area contributed by atoms with Crippen LogP contribution >= 0.6 is 0 Å². The van der Waals surface area contributed by atoms with Crippen LogP contribution in [0.3, 0.4) is 0 Å². The Morgan fingerprint density at radius 3 is 2.01 bits per heavy atom. The highest BCUT2D eigenvalue weighted by Gasteiger charge is 2.40. The van der Waals surface area contributed by atoms with Crippen LogP contribution in [0.2, 0.25) is 0 Å². The molecule has 358 valence electrons. The van der Waals surface area contributed by atoms with Crippen molar-refractivity contribution in [3.05, 3.63) is 124 Å². The Morgan fingerprint density at radius 2 is 1.45 bits per heavy atom. The van der Waals surface area contributed by atoms with Gasteiger partial charge in [-0.1, -0.05) is 48.5 Å². The molecule has 1 aliphatic heterocycles. The van der Waals surface area contributed by atoms with Gasteiger partial charge in [-0.05, 0) is 92.6 Å². The fourth-order valence-electron chi connectivity index (χ4n) is 7.42. The van der Waals surface area contributed by atoms with Gasteiger partial charge in [0.1, 0.15) is 29.3 Å². The number of alkyl halides is 3. The fraction of sp³-hybridized carbons (Fsp3) is 0.370. The molecule has 3 heterocycles. The minimum atomic E-state index is -4.80. The summed E-state index contributed by atoms with van der Waals surface area (Å²) in [6.07, 6.45) is -6.75. The van der Waals surface area contributed by atoms with Crippen LogP contribution in [0.15, 0.2) is 89.9 Å². The molecule has 0 spiro atoms. The first-order valence-corrected chi connectivity index (χ1v) is 20.9. The number of carboxylic acid groups (broad SMARTS) is 2. The van der Waals surface area contributed by atoms with Crippen molar-refractivity contribution in [3.8, 4) is 16.9 Å². The first-order chi connectivity index (χ1) is 31.6. The Balaban J connectivity index is 0.000000752. The highest BCUT2D eigenvalue weighted by atomic mass is 19.4. The Bertz CT molecular complexity index is 2580. The lowest BCUT2D eigenvalue weighted by atomic mass is 9.95. The van der Waals surface area contributed by atoms with Gasteiger partial charge in [0.05, 0.1) is 12.0 Å². The summed E-state index contributed by atoms with van der Waals surface area (Å²) in [5, 5.41) is 32.7. The molecule has 6 rings (SSSR count). The smallest absolute Gasteiger partial charge is 0.479 e. The van der Waals surface area contributed by atoms with Gasteiger partial charge in [-0.15, -0.1) is 13.2 Å². The van der Waals surface area contributed by atoms with E-state index in [1.165, 1.54) is 42.6 Å². The number of aliphatic hydroxyl groups is 2. The van der Waals surface area contributed by atoms with Crippen molar-refractivity contribution in [3.63, 3.8) is 0 Å². The van der Waals surface area contributed by atoms with Crippen molar-refractivity contribution in [2.75, 3.05) is 19.7 Å². The number of ether oxygens (including phenoxy) is 2. The highest BCUT2D eigenvalue weighted by Crippen LogP contribution is 2.29. The molecule has 2 aromatic heterocycles. The van der Waals surface area contributed by atoms with Crippen molar-refractivity contribution in [2.24, 2.45) is 0 Å². The van der Waals surface area contributed by atoms with E-state index in [-0.39, 0.29) is 78.6 Å². The maximum absolute atomic E-state index is 14.6. The van der Waals surface area contributed by atoms with Gasteiger partial charge in [0.2, 0.25) is 5.91 Å². The van der Waals surface area contributed by atoms with Crippen LogP contribution < -0.4 is 10.3 Å². The minimum absolute atomic E-state index is 0.00538. The Morgan fingerprint density at radius 1 is 0.851 bits per heavy atom. The third-order valence-electron chi connectivity index (χ3n) is 11.1. The van der Waals surface area contributed by atoms with Crippen molar-refractivity contribution < 1.29 is 71.0 Å². The van der Waals surface area contributed by atoms with E-state index < -0.39 is 53.2 Å². The van der Waals surface area contributed by atoms with E-state index in [0.29, 0.717) is 31.5 Å². The van der Waals surface area contributed by atoms with Gasteiger partial charge in [-0.3, -0.25) is 19.3 Å². The lowest BCUT2D eigenvalue weighted by molar-refractivity contribution is -0.274. The summed E-state index contributed by atoms with van der Waals surface area (Å²) in [5.41, 5.74) is 1.05. The van der Waals surface area contributed by atoms with Crippen LogP contribution in [0.25, 0.3) is 22.2 Å². The molecule has 1 fully saturated rings. The SMILES string of the molecule is CCOC(=O)C(C)(C)N1CCC(N(Cc2ccc(-c3ccc(OC(F)(F)F)cc3)cc2)C(=O)Cn2c(CCc3cccc(F)c3F)nc(=O)c3cccnc32)CC1.O=C(O)[C@H](O)[C@@H](O)C(=O)O. The Hall–Kier alpha value is -6.84. The van der Waals surface area contributed by atoms with Crippen LogP contribution in [-0.2, 0) is 49.8 Å². The Kier molecular flexibility index (Phi) is 16.9. The first-order valence-electron chi connectivity index (χ1n) is 20.9. The number of rotatable bonds is 16. The number of aliphatic carboxylic acids is 2. The monoisotopic (exact) mass is 941 g/mol. The first kappa shape index (κ1) is 51.1. The minimum Gasteiger partial charge on any atom is -0.479 e. The Labute approximate surface area is 379 Å². The second kappa shape index (κ2) is 22.1. The van der Waals surface area contributed by atoms with E-state index >= 15 is 0 Å². The number of carbonyl (C=O) groups excluding carboxylic acids is 2. The molecule has 3 aromatic carbocycles. The maximum atomic E-state index is 14.6. The van der Waals surface area contributed by atoms with Gasteiger partial charge >= 0.3 is 24.3 Å². The molecule has 0 radical (unpaired) electrons. The molecule has 1 amide bonds. The fourth-order valence-corrected chi connectivity index (χ4v) is 7.42.